The van der Waals surface area contributed by atoms with E-state index in [4.69, 9.17) is 4.74 Å². The number of hydrogen-bond donors (Lipinski definition) is 1. The normalized spacial score (nSPS) is 12.9. The van der Waals surface area contributed by atoms with Crippen molar-refractivity contribution in [1.82, 2.24) is 24.3 Å². The highest BCUT2D eigenvalue weighted by Gasteiger charge is 2.22. The monoisotopic (exact) mass is 443 g/mol. The molecule has 1 atom stereocenters. The molecule has 1 unspecified atom stereocenters. The first-order valence-corrected chi connectivity index (χ1v) is 11.1. The van der Waals surface area contributed by atoms with Crippen LogP contribution in [0.5, 0.6) is 5.75 Å². The highest BCUT2D eigenvalue weighted by atomic mass is 32.2. The smallest absolute Gasteiger partial charge is 0.244 e. The van der Waals surface area contributed by atoms with E-state index >= 15 is 0 Å². The Morgan fingerprint density at radius 1 is 1.19 bits per heavy atom. The summed E-state index contributed by atoms with van der Waals surface area (Å²) in [4.78, 5) is 0.150. The summed E-state index contributed by atoms with van der Waals surface area (Å²) in [7, 11) is -2.02. The van der Waals surface area contributed by atoms with E-state index in [9.17, 15) is 12.8 Å². The van der Waals surface area contributed by atoms with E-state index in [1.165, 1.54) is 23.0 Å². The summed E-state index contributed by atoms with van der Waals surface area (Å²) in [5.74, 6) is 0.286. The maximum atomic E-state index is 13.2. The molecule has 0 aliphatic rings. The van der Waals surface area contributed by atoms with Gasteiger partial charge in [-0.15, -0.1) is 0 Å². The fourth-order valence-electron chi connectivity index (χ4n) is 3.31. The van der Waals surface area contributed by atoms with Crippen LogP contribution < -0.4 is 9.46 Å². The second-order valence-corrected chi connectivity index (χ2v) is 9.02. The fourth-order valence-corrected chi connectivity index (χ4v) is 4.76. The van der Waals surface area contributed by atoms with Gasteiger partial charge >= 0.3 is 0 Å². The lowest BCUT2D eigenvalue weighted by atomic mass is 10.2. The summed E-state index contributed by atoms with van der Waals surface area (Å²) in [5, 5.41) is 9.29. The van der Waals surface area contributed by atoms with Crippen LogP contribution in [0.15, 0.2) is 59.8 Å². The molecule has 4 rings (SSSR count). The molecule has 1 N–H and O–H groups in total. The van der Waals surface area contributed by atoms with Crippen LogP contribution in [0, 0.1) is 12.7 Å². The minimum Gasteiger partial charge on any atom is -0.492 e. The van der Waals surface area contributed by atoms with Crippen molar-refractivity contribution in [3.8, 4) is 11.4 Å². The number of rotatable bonds is 7. The van der Waals surface area contributed by atoms with Crippen molar-refractivity contribution >= 4 is 20.9 Å². The zero-order valence-corrected chi connectivity index (χ0v) is 18.1. The van der Waals surface area contributed by atoms with Gasteiger partial charge in [-0.05, 0) is 56.3 Å². The molecule has 0 amide bonds. The lowest BCUT2D eigenvalue weighted by molar-refractivity contribution is 0.288. The van der Waals surface area contributed by atoms with Crippen molar-refractivity contribution in [2.24, 2.45) is 7.05 Å². The fraction of sp³-hybridized carbons (Fsp3) is 0.238. The molecule has 0 aliphatic carbocycles. The van der Waals surface area contributed by atoms with Crippen molar-refractivity contribution in [2.75, 3.05) is 6.61 Å². The van der Waals surface area contributed by atoms with Gasteiger partial charge in [0.2, 0.25) is 10.0 Å². The largest absolute Gasteiger partial charge is 0.492 e. The standard InChI is InChI=1S/C21H22FN5O3S/c1-14(25-31(28,29)21-12-26(3)24-15(21)2)13-30-19-8-9-20-16(10-19)11-23-27(20)18-6-4-17(22)5-7-18/h4-12,14,25H,13H2,1-3H3. The van der Waals surface area contributed by atoms with Gasteiger partial charge in [0.25, 0.3) is 0 Å². The summed E-state index contributed by atoms with van der Waals surface area (Å²) in [5.41, 5.74) is 2.03. The number of nitrogens with zero attached hydrogens (tertiary/aromatic N) is 4. The first-order chi connectivity index (χ1) is 14.7. The third kappa shape index (κ3) is 4.44. The molecule has 10 heteroatoms. The Labute approximate surface area is 179 Å². The first kappa shape index (κ1) is 21.0. The van der Waals surface area contributed by atoms with Crippen molar-refractivity contribution in [3.05, 3.63) is 66.4 Å². The Morgan fingerprint density at radius 2 is 1.94 bits per heavy atom. The van der Waals surface area contributed by atoms with E-state index in [1.54, 1.807) is 50.0 Å². The van der Waals surface area contributed by atoms with Crippen LogP contribution in [0.3, 0.4) is 0 Å². The van der Waals surface area contributed by atoms with Gasteiger partial charge < -0.3 is 4.74 Å². The molecule has 0 spiro atoms. The third-order valence-electron chi connectivity index (χ3n) is 4.72. The zero-order chi connectivity index (χ0) is 22.2. The maximum absolute atomic E-state index is 13.2. The number of halogens is 1. The quantitative estimate of drug-likeness (QED) is 0.474. The average molecular weight is 444 g/mol. The number of sulfonamides is 1. The Kier molecular flexibility index (Phi) is 5.50. The highest BCUT2D eigenvalue weighted by Crippen LogP contribution is 2.23. The number of aryl methyl sites for hydroxylation is 2. The number of fused-ring (bicyclic) bond motifs is 1. The molecular weight excluding hydrogens is 421 g/mol. The molecule has 8 nitrogen and oxygen atoms in total. The van der Waals surface area contributed by atoms with Crippen LogP contribution in [-0.2, 0) is 17.1 Å². The predicted molar refractivity (Wildman–Crippen MR) is 114 cm³/mol. The second-order valence-electron chi connectivity index (χ2n) is 7.34. The molecule has 0 aliphatic heterocycles. The van der Waals surface area contributed by atoms with E-state index in [1.807, 2.05) is 12.1 Å². The van der Waals surface area contributed by atoms with Crippen LogP contribution in [-0.4, -0.2) is 40.6 Å². The van der Waals surface area contributed by atoms with E-state index in [-0.39, 0.29) is 17.3 Å². The number of nitrogens with one attached hydrogen (secondary N) is 1. The minimum absolute atomic E-state index is 0.149. The van der Waals surface area contributed by atoms with Gasteiger partial charge in [-0.3, -0.25) is 4.68 Å². The van der Waals surface area contributed by atoms with E-state index < -0.39 is 16.1 Å². The van der Waals surface area contributed by atoms with Gasteiger partial charge in [-0.1, -0.05) is 0 Å². The van der Waals surface area contributed by atoms with Crippen LogP contribution >= 0.6 is 0 Å². The second kappa shape index (κ2) is 8.12. The van der Waals surface area contributed by atoms with Gasteiger partial charge in [-0.25, -0.2) is 22.2 Å². The third-order valence-corrected chi connectivity index (χ3v) is 6.42. The zero-order valence-electron chi connectivity index (χ0n) is 17.3. The molecule has 0 bridgehead atoms. The van der Waals surface area contributed by atoms with E-state index in [2.05, 4.69) is 14.9 Å². The van der Waals surface area contributed by atoms with Gasteiger partial charge in [0.05, 0.1) is 29.1 Å². The number of aromatic nitrogens is 4. The Balaban J connectivity index is 1.44. The van der Waals surface area contributed by atoms with Crippen LogP contribution in [0.4, 0.5) is 4.39 Å². The molecule has 2 aromatic heterocycles. The molecule has 31 heavy (non-hydrogen) atoms. The average Bonchev–Trinajstić information content (AvgIpc) is 3.29. The summed E-state index contributed by atoms with van der Waals surface area (Å²) in [6.45, 7) is 3.53. The van der Waals surface area contributed by atoms with Crippen molar-refractivity contribution in [3.63, 3.8) is 0 Å². The maximum Gasteiger partial charge on any atom is 0.244 e. The lowest BCUT2D eigenvalue weighted by Crippen LogP contribution is -2.36. The molecule has 0 saturated carbocycles. The summed E-state index contributed by atoms with van der Waals surface area (Å²) >= 11 is 0. The molecule has 0 radical (unpaired) electrons. The van der Waals surface area contributed by atoms with Gasteiger partial charge in [-0.2, -0.15) is 10.2 Å². The molecule has 2 aromatic carbocycles. The van der Waals surface area contributed by atoms with Crippen LogP contribution in [0.2, 0.25) is 0 Å². The van der Waals surface area contributed by atoms with Crippen molar-refractivity contribution < 1.29 is 17.5 Å². The van der Waals surface area contributed by atoms with Crippen molar-refractivity contribution in [2.45, 2.75) is 24.8 Å². The molecule has 0 saturated heterocycles. The molecule has 0 fully saturated rings. The first-order valence-electron chi connectivity index (χ1n) is 9.62. The van der Waals surface area contributed by atoms with Gasteiger partial charge in [0, 0.05) is 18.6 Å². The number of hydrogen-bond acceptors (Lipinski definition) is 5. The summed E-state index contributed by atoms with van der Waals surface area (Å²) in [6.07, 6.45) is 3.17. The SMILES string of the molecule is Cc1nn(C)cc1S(=O)(=O)NC(C)COc1ccc2c(cnn2-c2ccc(F)cc2)c1. The molecule has 2 heterocycles. The Hall–Kier alpha value is -3.24. The topological polar surface area (TPSA) is 91.0 Å². The van der Waals surface area contributed by atoms with Crippen LogP contribution in [0.25, 0.3) is 16.6 Å². The lowest BCUT2D eigenvalue weighted by Gasteiger charge is -2.15. The predicted octanol–water partition coefficient (Wildman–Crippen LogP) is 2.95. The van der Waals surface area contributed by atoms with E-state index in [0.29, 0.717) is 11.4 Å². The van der Waals surface area contributed by atoms with Gasteiger partial charge in [0.1, 0.15) is 23.1 Å². The minimum atomic E-state index is -3.69. The summed E-state index contributed by atoms with van der Waals surface area (Å²) < 4.78 is 49.9. The molecular formula is C21H22FN5O3S. The Morgan fingerprint density at radius 3 is 2.61 bits per heavy atom. The van der Waals surface area contributed by atoms with Crippen molar-refractivity contribution in [1.29, 1.82) is 0 Å². The summed E-state index contributed by atoms with van der Waals surface area (Å²) in [6, 6.07) is 11.1. The Bertz CT molecular complexity index is 1330. The highest BCUT2D eigenvalue weighted by molar-refractivity contribution is 7.89. The van der Waals surface area contributed by atoms with Gasteiger partial charge in [0.15, 0.2) is 0 Å². The van der Waals surface area contributed by atoms with E-state index in [0.717, 1.165) is 16.6 Å². The van der Waals surface area contributed by atoms with Crippen LogP contribution in [0.1, 0.15) is 12.6 Å². The number of ether oxygens (including phenoxy) is 1. The molecule has 4 aromatic rings. The molecule has 162 valence electrons. The number of benzene rings is 2.